The quantitative estimate of drug-likeness (QED) is 0.897. The van der Waals surface area contributed by atoms with Gasteiger partial charge < -0.3 is 9.64 Å². The average molecular weight is 268 g/mol. The minimum Gasteiger partial charge on any atom is -0.384 e. The second-order valence-electron chi connectivity index (χ2n) is 4.90. The number of nitrogens with zero attached hydrogens (tertiary/aromatic N) is 3. The summed E-state index contributed by atoms with van der Waals surface area (Å²) >= 11 is 1.09. The van der Waals surface area contributed by atoms with Crippen molar-refractivity contribution in [1.29, 1.82) is 0 Å². The van der Waals surface area contributed by atoms with E-state index in [1.807, 2.05) is 4.90 Å². The zero-order chi connectivity index (χ0) is 12.5. The van der Waals surface area contributed by atoms with Crippen LogP contribution in [0.2, 0.25) is 0 Å². The lowest BCUT2D eigenvalue weighted by Gasteiger charge is -2.25. The molecule has 98 valence electrons. The minimum absolute atomic E-state index is 0.0655. The van der Waals surface area contributed by atoms with Crippen molar-refractivity contribution in [1.82, 2.24) is 13.6 Å². The van der Waals surface area contributed by atoms with Gasteiger partial charge in [0.05, 0.1) is 17.9 Å². The fraction of sp³-hybridized carbons (Fsp3) is 0.727. The molecule has 3 atom stereocenters. The van der Waals surface area contributed by atoms with E-state index in [0.717, 1.165) is 43.8 Å². The summed E-state index contributed by atoms with van der Waals surface area (Å²) in [7, 11) is 1.74. The third-order valence-electron chi connectivity index (χ3n) is 3.92. The molecular weight excluding hydrogens is 252 g/mol. The van der Waals surface area contributed by atoms with Gasteiger partial charge in [-0.2, -0.15) is 8.75 Å². The van der Waals surface area contributed by atoms with E-state index in [1.165, 1.54) is 0 Å². The number of piperidine rings is 1. The number of ether oxygens (including phenoxy) is 1. The molecule has 0 spiro atoms. The molecule has 1 aromatic rings. The SMILES string of the molecule is COC[C@@H]1[C@H]2CCN(C(=O)Nc3cnsn3)C[C@H]21. The Labute approximate surface area is 110 Å². The summed E-state index contributed by atoms with van der Waals surface area (Å²) < 4.78 is 13.0. The first-order chi connectivity index (χ1) is 8.79. The molecule has 2 amide bonds. The molecule has 1 aliphatic heterocycles. The van der Waals surface area contributed by atoms with Crippen LogP contribution in [0.1, 0.15) is 6.42 Å². The van der Waals surface area contributed by atoms with Crippen molar-refractivity contribution in [3.05, 3.63) is 6.20 Å². The van der Waals surface area contributed by atoms with Gasteiger partial charge in [-0.25, -0.2) is 4.79 Å². The Morgan fingerprint density at radius 1 is 1.67 bits per heavy atom. The summed E-state index contributed by atoms with van der Waals surface area (Å²) in [5.41, 5.74) is 0. The Morgan fingerprint density at radius 3 is 3.28 bits per heavy atom. The molecule has 1 saturated heterocycles. The number of amides is 2. The predicted octanol–water partition coefficient (Wildman–Crippen LogP) is 1.28. The van der Waals surface area contributed by atoms with Gasteiger partial charge >= 0.3 is 6.03 Å². The number of methoxy groups -OCH3 is 1. The second-order valence-corrected chi connectivity index (χ2v) is 5.46. The van der Waals surface area contributed by atoms with Gasteiger partial charge in [0.15, 0.2) is 5.82 Å². The summed E-state index contributed by atoms with van der Waals surface area (Å²) in [6, 6.07) is -0.0655. The summed E-state index contributed by atoms with van der Waals surface area (Å²) in [6.45, 7) is 2.48. The number of hydrogen-bond donors (Lipinski definition) is 1. The van der Waals surface area contributed by atoms with Gasteiger partial charge in [0.1, 0.15) is 0 Å². The van der Waals surface area contributed by atoms with Gasteiger partial charge in [-0.1, -0.05) is 0 Å². The van der Waals surface area contributed by atoms with Gasteiger partial charge in [0, 0.05) is 26.8 Å². The molecule has 1 aliphatic carbocycles. The molecule has 1 N–H and O–H groups in total. The number of rotatable bonds is 3. The highest BCUT2D eigenvalue weighted by molar-refractivity contribution is 6.99. The van der Waals surface area contributed by atoms with Crippen molar-refractivity contribution in [2.24, 2.45) is 17.8 Å². The molecule has 1 aromatic heterocycles. The van der Waals surface area contributed by atoms with E-state index in [0.29, 0.717) is 17.7 Å². The highest BCUT2D eigenvalue weighted by Crippen LogP contribution is 2.51. The average Bonchev–Trinajstić information content (AvgIpc) is 2.82. The highest BCUT2D eigenvalue weighted by Gasteiger charge is 2.52. The summed E-state index contributed by atoms with van der Waals surface area (Å²) in [5.74, 6) is 2.57. The second kappa shape index (κ2) is 4.81. The van der Waals surface area contributed by atoms with E-state index < -0.39 is 0 Å². The fourth-order valence-corrected chi connectivity index (χ4v) is 3.28. The standard InChI is InChI=1S/C11H16N4O2S/c1-17-6-9-7-2-3-15(5-8(7)9)11(16)13-10-4-12-18-14-10/h4,7-9H,2-3,5-6H2,1H3,(H,13,14,16)/t7-,8+,9+/m0/s1. The van der Waals surface area contributed by atoms with Gasteiger partial charge in [0.25, 0.3) is 0 Å². The van der Waals surface area contributed by atoms with Crippen molar-refractivity contribution < 1.29 is 9.53 Å². The van der Waals surface area contributed by atoms with E-state index in [4.69, 9.17) is 4.74 Å². The first-order valence-electron chi connectivity index (χ1n) is 6.12. The van der Waals surface area contributed by atoms with Crippen LogP contribution in [0.5, 0.6) is 0 Å². The molecule has 0 radical (unpaired) electrons. The fourth-order valence-electron chi connectivity index (χ4n) is 2.91. The van der Waals surface area contributed by atoms with Gasteiger partial charge in [-0.15, -0.1) is 0 Å². The molecule has 3 rings (SSSR count). The summed E-state index contributed by atoms with van der Waals surface area (Å²) in [5, 5.41) is 2.77. The minimum atomic E-state index is -0.0655. The van der Waals surface area contributed by atoms with E-state index in [2.05, 4.69) is 14.1 Å². The maximum atomic E-state index is 12.0. The lowest BCUT2D eigenvalue weighted by Crippen LogP contribution is -2.39. The van der Waals surface area contributed by atoms with E-state index >= 15 is 0 Å². The van der Waals surface area contributed by atoms with Crippen LogP contribution in [0.25, 0.3) is 0 Å². The molecule has 0 aromatic carbocycles. The molecule has 0 bridgehead atoms. The molecule has 2 heterocycles. The van der Waals surface area contributed by atoms with Crippen molar-refractivity contribution in [2.45, 2.75) is 6.42 Å². The molecule has 2 aliphatic rings. The van der Waals surface area contributed by atoms with Gasteiger partial charge in [0.2, 0.25) is 0 Å². The number of urea groups is 1. The summed E-state index contributed by atoms with van der Waals surface area (Å²) in [4.78, 5) is 13.9. The molecule has 18 heavy (non-hydrogen) atoms. The molecule has 6 nitrogen and oxygen atoms in total. The first-order valence-corrected chi connectivity index (χ1v) is 6.85. The van der Waals surface area contributed by atoms with Crippen LogP contribution >= 0.6 is 11.7 Å². The predicted molar refractivity (Wildman–Crippen MR) is 67.5 cm³/mol. The van der Waals surface area contributed by atoms with E-state index in [1.54, 1.807) is 13.3 Å². The van der Waals surface area contributed by atoms with Gasteiger partial charge in [-0.05, 0) is 24.2 Å². The molecule has 1 saturated carbocycles. The molecule has 0 unspecified atom stereocenters. The zero-order valence-corrected chi connectivity index (χ0v) is 11.0. The smallest absolute Gasteiger partial charge is 0.323 e. The summed E-state index contributed by atoms with van der Waals surface area (Å²) in [6.07, 6.45) is 2.65. The lowest BCUT2D eigenvalue weighted by atomic mass is 10.1. The number of hydrogen-bond acceptors (Lipinski definition) is 5. The monoisotopic (exact) mass is 268 g/mol. The van der Waals surface area contributed by atoms with Crippen LogP contribution in [0.3, 0.4) is 0 Å². The van der Waals surface area contributed by atoms with Gasteiger partial charge in [-0.3, -0.25) is 5.32 Å². The zero-order valence-electron chi connectivity index (χ0n) is 10.2. The van der Waals surface area contributed by atoms with Crippen LogP contribution in [0.15, 0.2) is 6.20 Å². The number of anilines is 1. The normalized spacial score (nSPS) is 29.8. The Kier molecular flexibility index (Phi) is 3.17. The number of fused-ring (bicyclic) bond motifs is 1. The number of aromatic nitrogens is 2. The van der Waals surface area contributed by atoms with Crippen molar-refractivity contribution >= 4 is 23.6 Å². The lowest BCUT2D eigenvalue weighted by molar-refractivity contribution is 0.176. The van der Waals surface area contributed by atoms with E-state index in [-0.39, 0.29) is 6.03 Å². The number of likely N-dealkylation sites (tertiary alicyclic amines) is 1. The Hall–Kier alpha value is -1.21. The van der Waals surface area contributed by atoms with Crippen LogP contribution in [-0.4, -0.2) is 46.5 Å². The number of nitrogens with one attached hydrogen (secondary N) is 1. The van der Waals surface area contributed by atoms with Crippen molar-refractivity contribution in [3.8, 4) is 0 Å². The third-order valence-corrected chi connectivity index (χ3v) is 4.39. The Balaban J connectivity index is 1.54. The first kappa shape index (κ1) is 11.9. The number of carbonyl (C=O) groups is 1. The van der Waals surface area contributed by atoms with Crippen LogP contribution in [0, 0.1) is 17.8 Å². The topological polar surface area (TPSA) is 67.3 Å². The van der Waals surface area contributed by atoms with Crippen LogP contribution in [0.4, 0.5) is 10.6 Å². The largest absolute Gasteiger partial charge is 0.384 e. The Bertz CT molecular complexity index is 425. The van der Waals surface area contributed by atoms with Crippen molar-refractivity contribution in [3.63, 3.8) is 0 Å². The van der Waals surface area contributed by atoms with Crippen molar-refractivity contribution in [2.75, 3.05) is 32.1 Å². The molecule has 2 fully saturated rings. The number of carbonyl (C=O) groups excluding carboxylic acids is 1. The van der Waals surface area contributed by atoms with E-state index in [9.17, 15) is 4.79 Å². The maximum Gasteiger partial charge on any atom is 0.323 e. The molecule has 7 heteroatoms. The Morgan fingerprint density at radius 2 is 2.56 bits per heavy atom. The van der Waals surface area contributed by atoms with Crippen LogP contribution in [-0.2, 0) is 4.74 Å². The highest BCUT2D eigenvalue weighted by atomic mass is 32.1. The van der Waals surface area contributed by atoms with Crippen LogP contribution < -0.4 is 5.32 Å². The molecular formula is C11H16N4O2S. The maximum absolute atomic E-state index is 12.0. The third kappa shape index (κ3) is 2.20.